The van der Waals surface area contributed by atoms with Gasteiger partial charge in [0.2, 0.25) is 0 Å². The standard InChI is InChI=1S/C12H13ClN4O/c13-10-5-9(6-14-7-10)8-17-12(18)16-4-2-1-3-11(16)15-17/h5-7H,1-4,8H2. The highest BCUT2D eigenvalue weighted by Crippen LogP contribution is 2.11. The molecule has 3 heterocycles. The number of hydrogen-bond donors (Lipinski definition) is 0. The largest absolute Gasteiger partial charge is 0.346 e. The smallest absolute Gasteiger partial charge is 0.279 e. The predicted molar refractivity (Wildman–Crippen MR) is 67.8 cm³/mol. The Kier molecular flexibility index (Phi) is 2.91. The van der Waals surface area contributed by atoms with Gasteiger partial charge in [0, 0.05) is 25.4 Å². The third-order valence-electron chi connectivity index (χ3n) is 3.13. The van der Waals surface area contributed by atoms with Gasteiger partial charge in [-0.15, -0.1) is 0 Å². The molecule has 0 amide bonds. The summed E-state index contributed by atoms with van der Waals surface area (Å²) >= 11 is 5.88. The number of pyridine rings is 1. The minimum Gasteiger partial charge on any atom is -0.279 e. The molecule has 0 bridgehead atoms. The van der Waals surface area contributed by atoms with E-state index in [-0.39, 0.29) is 5.69 Å². The molecule has 2 aromatic heterocycles. The molecule has 94 valence electrons. The molecule has 18 heavy (non-hydrogen) atoms. The van der Waals surface area contributed by atoms with E-state index in [0.29, 0.717) is 11.6 Å². The molecule has 1 aliphatic heterocycles. The van der Waals surface area contributed by atoms with E-state index in [9.17, 15) is 4.79 Å². The molecule has 1 aliphatic rings. The highest BCUT2D eigenvalue weighted by atomic mass is 35.5. The first-order valence-electron chi connectivity index (χ1n) is 6.00. The lowest BCUT2D eigenvalue weighted by molar-refractivity contribution is 0.511. The Balaban J connectivity index is 1.94. The van der Waals surface area contributed by atoms with Crippen molar-refractivity contribution < 1.29 is 0 Å². The van der Waals surface area contributed by atoms with E-state index >= 15 is 0 Å². The number of aryl methyl sites for hydroxylation is 1. The van der Waals surface area contributed by atoms with E-state index in [0.717, 1.165) is 37.2 Å². The molecule has 0 unspecified atom stereocenters. The number of nitrogens with zero attached hydrogens (tertiary/aromatic N) is 4. The lowest BCUT2D eigenvalue weighted by Crippen LogP contribution is -2.27. The second-order valence-corrected chi connectivity index (χ2v) is 4.91. The fourth-order valence-electron chi connectivity index (χ4n) is 2.27. The molecule has 5 nitrogen and oxygen atoms in total. The average Bonchev–Trinajstić information content (AvgIpc) is 2.67. The molecule has 3 rings (SSSR count). The van der Waals surface area contributed by atoms with Crippen LogP contribution < -0.4 is 5.69 Å². The van der Waals surface area contributed by atoms with Gasteiger partial charge in [-0.1, -0.05) is 11.6 Å². The van der Waals surface area contributed by atoms with Crippen LogP contribution in [-0.4, -0.2) is 19.3 Å². The van der Waals surface area contributed by atoms with Crippen molar-refractivity contribution in [3.63, 3.8) is 0 Å². The van der Waals surface area contributed by atoms with Crippen LogP contribution in [0, 0.1) is 0 Å². The summed E-state index contributed by atoms with van der Waals surface area (Å²) < 4.78 is 3.26. The summed E-state index contributed by atoms with van der Waals surface area (Å²) in [7, 11) is 0. The summed E-state index contributed by atoms with van der Waals surface area (Å²) in [5, 5.41) is 4.95. The summed E-state index contributed by atoms with van der Waals surface area (Å²) in [5.41, 5.74) is 0.852. The third kappa shape index (κ3) is 2.06. The molecular formula is C12H13ClN4O. The van der Waals surface area contributed by atoms with Gasteiger partial charge >= 0.3 is 5.69 Å². The molecule has 0 N–H and O–H groups in total. The Hall–Kier alpha value is -1.62. The van der Waals surface area contributed by atoms with E-state index in [1.165, 1.54) is 4.68 Å². The van der Waals surface area contributed by atoms with E-state index in [2.05, 4.69) is 10.1 Å². The lowest BCUT2D eigenvalue weighted by Gasteiger charge is -2.09. The van der Waals surface area contributed by atoms with Crippen LogP contribution in [0.4, 0.5) is 0 Å². The molecule has 6 heteroatoms. The summed E-state index contributed by atoms with van der Waals surface area (Å²) in [5.74, 6) is 0.890. The Bertz CT molecular complexity index is 631. The zero-order chi connectivity index (χ0) is 12.5. The molecule has 0 saturated heterocycles. The molecule has 0 radical (unpaired) electrons. The maximum absolute atomic E-state index is 12.1. The van der Waals surface area contributed by atoms with Gasteiger partial charge in [0.25, 0.3) is 0 Å². The Morgan fingerprint density at radius 3 is 3.00 bits per heavy atom. The third-order valence-corrected chi connectivity index (χ3v) is 3.33. The average molecular weight is 265 g/mol. The van der Waals surface area contributed by atoms with Crippen LogP contribution in [0.25, 0.3) is 0 Å². The van der Waals surface area contributed by atoms with Crippen LogP contribution >= 0.6 is 11.6 Å². The van der Waals surface area contributed by atoms with E-state index in [1.807, 2.05) is 0 Å². The second kappa shape index (κ2) is 4.57. The highest BCUT2D eigenvalue weighted by molar-refractivity contribution is 6.30. The van der Waals surface area contributed by atoms with Crippen LogP contribution in [0.3, 0.4) is 0 Å². The number of fused-ring (bicyclic) bond motifs is 1. The van der Waals surface area contributed by atoms with Crippen molar-refractivity contribution in [2.75, 3.05) is 0 Å². The Morgan fingerprint density at radius 2 is 2.22 bits per heavy atom. The van der Waals surface area contributed by atoms with Crippen molar-refractivity contribution in [1.29, 1.82) is 0 Å². The van der Waals surface area contributed by atoms with Crippen molar-refractivity contribution in [2.24, 2.45) is 0 Å². The summed E-state index contributed by atoms with van der Waals surface area (Å²) in [6.45, 7) is 1.20. The summed E-state index contributed by atoms with van der Waals surface area (Å²) in [6.07, 6.45) is 6.32. The van der Waals surface area contributed by atoms with Crippen LogP contribution in [0.15, 0.2) is 23.3 Å². The van der Waals surface area contributed by atoms with Crippen LogP contribution in [0.1, 0.15) is 24.2 Å². The fourth-order valence-corrected chi connectivity index (χ4v) is 2.46. The van der Waals surface area contributed by atoms with Gasteiger partial charge in [0.05, 0.1) is 11.6 Å². The van der Waals surface area contributed by atoms with Crippen molar-refractivity contribution in [1.82, 2.24) is 19.3 Å². The SMILES string of the molecule is O=c1n(Cc2cncc(Cl)c2)nc2n1CCCC2. The van der Waals surface area contributed by atoms with Gasteiger partial charge in [0.15, 0.2) is 0 Å². The maximum Gasteiger partial charge on any atom is 0.346 e. The molecule has 0 aromatic carbocycles. The minimum atomic E-state index is -0.0373. The second-order valence-electron chi connectivity index (χ2n) is 4.48. The van der Waals surface area contributed by atoms with Gasteiger partial charge < -0.3 is 0 Å². The molecule has 2 aromatic rings. The first-order valence-corrected chi connectivity index (χ1v) is 6.38. The zero-order valence-corrected chi connectivity index (χ0v) is 10.6. The molecule has 0 fully saturated rings. The first kappa shape index (κ1) is 11.5. The zero-order valence-electron chi connectivity index (χ0n) is 9.84. The van der Waals surface area contributed by atoms with E-state index in [1.54, 1.807) is 23.0 Å². The highest BCUT2D eigenvalue weighted by Gasteiger charge is 2.16. The molecule has 0 atom stereocenters. The quantitative estimate of drug-likeness (QED) is 0.826. The number of halogens is 1. The van der Waals surface area contributed by atoms with Gasteiger partial charge in [-0.05, 0) is 24.5 Å². The van der Waals surface area contributed by atoms with Crippen LogP contribution in [0.5, 0.6) is 0 Å². The summed E-state index contributed by atoms with van der Waals surface area (Å²) in [6, 6.07) is 1.80. The van der Waals surface area contributed by atoms with E-state index in [4.69, 9.17) is 11.6 Å². The summed E-state index contributed by atoms with van der Waals surface area (Å²) in [4.78, 5) is 16.1. The molecule has 0 aliphatic carbocycles. The van der Waals surface area contributed by atoms with Crippen molar-refractivity contribution in [3.05, 3.63) is 45.4 Å². The van der Waals surface area contributed by atoms with Gasteiger partial charge in [-0.3, -0.25) is 9.55 Å². The Morgan fingerprint density at radius 1 is 1.33 bits per heavy atom. The monoisotopic (exact) mass is 264 g/mol. The topological polar surface area (TPSA) is 52.7 Å². The lowest BCUT2D eigenvalue weighted by atomic mass is 10.2. The Labute approximate surface area is 109 Å². The van der Waals surface area contributed by atoms with Crippen molar-refractivity contribution in [3.8, 4) is 0 Å². The van der Waals surface area contributed by atoms with Gasteiger partial charge in [0.1, 0.15) is 5.82 Å². The fraction of sp³-hybridized carbons (Fsp3) is 0.417. The first-order chi connectivity index (χ1) is 8.74. The predicted octanol–water partition coefficient (Wildman–Crippen LogP) is 1.48. The van der Waals surface area contributed by atoms with Crippen LogP contribution in [0.2, 0.25) is 5.02 Å². The number of aromatic nitrogens is 4. The molecule has 0 saturated carbocycles. The van der Waals surface area contributed by atoms with Crippen LogP contribution in [-0.2, 0) is 19.5 Å². The van der Waals surface area contributed by atoms with Crippen molar-refractivity contribution >= 4 is 11.6 Å². The van der Waals surface area contributed by atoms with Gasteiger partial charge in [-0.2, -0.15) is 5.10 Å². The van der Waals surface area contributed by atoms with E-state index < -0.39 is 0 Å². The van der Waals surface area contributed by atoms with Crippen molar-refractivity contribution in [2.45, 2.75) is 32.4 Å². The number of hydrogen-bond acceptors (Lipinski definition) is 3. The minimum absolute atomic E-state index is 0.0373. The number of rotatable bonds is 2. The molecular weight excluding hydrogens is 252 g/mol. The molecule has 0 spiro atoms. The van der Waals surface area contributed by atoms with Gasteiger partial charge in [-0.25, -0.2) is 9.48 Å². The maximum atomic E-state index is 12.1. The normalized spacial score (nSPS) is 14.5.